The lowest BCUT2D eigenvalue weighted by Crippen LogP contribution is -2.14. The van der Waals surface area contributed by atoms with Crippen LogP contribution < -0.4 is 9.80 Å². The van der Waals surface area contributed by atoms with Crippen LogP contribution in [-0.4, -0.2) is 4.40 Å². The number of para-hydroxylation sites is 1. The molecule has 0 atom stereocenters. The van der Waals surface area contributed by atoms with Crippen LogP contribution in [0.2, 0.25) is 0 Å². The summed E-state index contributed by atoms with van der Waals surface area (Å²) in [5.41, 5.74) is 24.6. The summed E-state index contributed by atoms with van der Waals surface area (Å²) in [6, 6.07) is 101. The summed E-state index contributed by atoms with van der Waals surface area (Å²) in [6.07, 6.45) is 0. The summed E-state index contributed by atoms with van der Waals surface area (Å²) >= 11 is 0. The van der Waals surface area contributed by atoms with Gasteiger partial charge in [-0.15, -0.1) is 0 Å². The molecule has 0 radical (unpaired) electrons. The summed E-state index contributed by atoms with van der Waals surface area (Å²) in [5.74, 6) is 0. The maximum Gasteiger partial charge on any atom is 0.0640 e. The molecule has 3 heteroatoms. The molecule has 0 bridgehead atoms. The Bertz CT molecular complexity index is 4420. The van der Waals surface area contributed by atoms with Crippen LogP contribution in [0.15, 0.2) is 273 Å². The van der Waals surface area contributed by atoms with Crippen LogP contribution in [0.5, 0.6) is 0 Å². The first-order valence-electron chi connectivity index (χ1n) is 28.2. The van der Waals surface area contributed by atoms with Crippen LogP contribution in [0.25, 0.3) is 104 Å². The van der Waals surface area contributed by atoms with Crippen molar-refractivity contribution in [2.45, 2.75) is 27.7 Å². The van der Waals surface area contributed by atoms with E-state index in [1.165, 1.54) is 138 Å². The summed E-state index contributed by atoms with van der Waals surface area (Å²) in [7, 11) is 0. The molecule has 3 nitrogen and oxygen atoms in total. The van der Waals surface area contributed by atoms with Gasteiger partial charge in [-0.3, -0.25) is 0 Å². The van der Waals surface area contributed by atoms with Crippen molar-refractivity contribution < 1.29 is 0 Å². The molecule has 13 aromatic carbocycles. The number of aryl methyl sites for hydroxylation is 4. The molecule has 15 aromatic rings. The fourth-order valence-electron chi connectivity index (χ4n) is 12.9. The van der Waals surface area contributed by atoms with Gasteiger partial charge < -0.3 is 14.2 Å². The van der Waals surface area contributed by atoms with Gasteiger partial charge in [0.15, 0.2) is 0 Å². The molecular weight excluding hydrogens is 979 g/mol. The van der Waals surface area contributed by atoms with E-state index >= 15 is 0 Å². The Morgan fingerprint density at radius 1 is 0.247 bits per heavy atom. The molecular formula is C78H57N3. The molecule has 0 aliphatic heterocycles. The van der Waals surface area contributed by atoms with Crippen molar-refractivity contribution >= 4 is 93.8 Å². The smallest absolute Gasteiger partial charge is 0.0640 e. The Balaban J connectivity index is 1.08. The van der Waals surface area contributed by atoms with Crippen molar-refractivity contribution in [3.63, 3.8) is 0 Å². The predicted octanol–water partition coefficient (Wildman–Crippen LogP) is 22.0. The number of benzene rings is 13. The molecule has 0 N–H and O–H groups in total. The van der Waals surface area contributed by atoms with Crippen LogP contribution in [0.4, 0.5) is 34.1 Å². The van der Waals surface area contributed by atoms with E-state index in [1.807, 2.05) is 0 Å². The molecule has 0 unspecified atom stereocenters. The third-order valence-electron chi connectivity index (χ3n) is 17.0. The highest BCUT2D eigenvalue weighted by atomic mass is 15.2. The Labute approximate surface area is 472 Å². The number of anilines is 6. The van der Waals surface area contributed by atoms with Crippen LogP contribution >= 0.6 is 0 Å². The van der Waals surface area contributed by atoms with Gasteiger partial charge in [0.25, 0.3) is 0 Å². The molecule has 384 valence electrons. The lowest BCUT2D eigenvalue weighted by molar-refractivity contribution is 1.24. The second-order valence-electron chi connectivity index (χ2n) is 21.9. The van der Waals surface area contributed by atoms with Crippen molar-refractivity contribution in [1.29, 1.82) is 0 Å². The summed E-state index contributed by atoms with van der Waals surface area (Å²) in [5, 5.41) is 9.60. The van der Waals surface area contributed by atoms with E-state index in [0.29, 0.717) is 0 Å². The zero-order chi connectivity index (χ0) is 54.3. The summed E-state index contributed by atoms with van der Waals surface area (Å²) in [6.45, 7) is 9.07. The molecule has 0 aliphatic rings. The first-order valence-corrected chi connectivity index (χ1v) is 28.2. The zero-order valence-corrected chi connectivity index (χ0v) is 45.8. The van der Waals surface area contributed by atoms with Crippen molar-refractivity contribution in [2.75, 3.05) is 9.80 Å². The van der Waals surface area contributed by atoms with E-state index in [0.717, 1.165) is 22.7 Å². The summed E-state index contributed by atoms with van der Waals surface area (Å²) in [4.78, 5) is 5.21. The minimum absolute atomic E-state index is 1.14. The van der Waals surface area contributed by atoms with E-state index in [4.69, 9.17) is 0 Å². The van der Waals surface area contributed by atoms with Crippen LogP contribution in [0.3, 0.4) is 0 Å². The number of fused-ring (bicyclic) bond motifs is 8. The Kier molecular flexibility index (Phi) is 11.4. The lowest BCUT2D eigenvalue weighted by atomic mass is 9.95. The van der Waals surface area contributed by atoms with E-state index in [1.54, 1.807) is 0 Å². The van der Waals surface area contributed by atoms with Crippen molar-refractivity contribution in [2.24, 2.45) is 0 Å². The second kappa shape index (κ2) is 19.3. The third-order valence-corrected chi connectivity index (χ3v) is 17.0. The molecule has 2 heterocycles. The molecule has 15 rings (SSSR count). The number of hydrogen-bond donors (Lipinski definition) is 0. The van der Waals surface area contributed by atoms with Gasteiger partial charge in [0.05, 0.1) is 27.9 Å². The topological polar surface area (TPSA) is 10.9 Å². The van der Waals surface area contributed by atoms with Crippen LogP contribution in [0.1, 0.15) is 22.3 Å². The van der Waals surface area contributed by atoms with Gasteiger partial charge in [-0.1, -0.05) is 237 Å². The SMILES string of the molecule is Cc1ccc(-c2ccccc2)cc1N(c1cc(-c2ccccc2)ccc1C)c1c2ccccc2cc2c1c1cccc3c4c(N(c5cc(-c6ccccc6)ccc5C)c5cc(-c6ccccc6)ccc5C)c5ccccc5cc4n2c13. The normalized spacial score (nSPS) is 11.7. The number of nitrogens with zero attached hydrogens (tertiary/aromatic N) is 3. The average molecular weight is 1040 g/mol. The standard InChI is InChI=1S/C78H57N3/c1-50-36-40-58(54-22-9-5-10-23-54)44-68(50)79(69-45-59(41-37-51(69)2)55-24-11-6-12-25-55)77-64-32-19-17-30-62(64)48-72-74(77)66-34-21-35-67-75-73(81(72)76(66)67)49-63-31-18-20-33-65(63)78(75)80(70-46-60(42-38-52(70)3)56-26-13-7-14-27-56)71-47-61(43-39-53(71)4)57-28-15-8-16-29-57/h5-49H,1-4H3. The van der Waals surface area contributed by atoms with Crippen molar-refractivity contribution in [3.8, 4) is 44.5 Å². The largest absolute Gasteiger partial charge is 0.309 e. The van der Waals surface area contributed by atoms with Gasteiger partial charge in [0.2, 0.25) is 0 Å². The molecule has 0 amide bonds. The van der Waals surface area contributed by atoms with E-state index in [9.17, 15) is 0 Å². The first kappa shape index (κ1) is 47.9. The van der Waals surface area contributed by atoms with E-state index in [2.05, 4.69) is 315 Å². The number of aromatic nitrogens is 1. The van der Waals surface area contributed by atoms with Crippen molar-refractivity contribution in [3.05, 3.63) is 295 Å². The second-order valence-corrected chi connectivity index (χ2v) is 21.9. The molecule has 2 aromatic heterocycles. The highest BCUT2D eigenvalue weighted by Crippen LogP contribution is 2.55. The van der Waals surface area contributed by atoms with Crippen molar-refractivity contribution in [1.82, 2.24) is 4.40 Å². The van der Waals surface area contributed by atoms with Gasteiger partial charge >= 0.3 is 0 Å². The lowest BCUT2D eigenvalue weighted by Gasteiger charge is -2.32. The quantitative estimate of drug-likeness (QED) is 0.135. The van der Waals surface area contributed by atoms with Gasteiger partial charge in [0, 0.05) is 55.1 Å². The minimum Gasteiger partial charge on any atom is -0.309 e. The fraction of sp³-hybridized carbons (Fsp3) is 0.0513. The fourth-order valence-corrected chi connectivity index (χ4v) is 12.9. The molecule has 0 saturated heterocycles. The molecule has 0 fully saturated rings. The monoisotopic (exact) mass is 1040 g/mol. The summed E-state index contributed by atoms with van der Waals surface area (Å²) < 4.78 is 2.61. The maximum absolute atomic E-state index is 2.61. The highest BCUT2D eigenvalue weighted by Gasteiger charge is 2.31. The van der Waals surface area contributed by atoms with Gasteiger partial charge in [-0.2, -0.15) is 0 Å². The maximum atomic E-state index is 2.61. The predicted molar refractivity (Wildman–Crippen MR) is 346 cm³/mol. The molecule has 0 saturated carbocycles. The third kappa shape index (κ3) is 7.87. The Hall–Kier alpha value is -10.2. The molecule has 0 aliphatic carbocycles. The number of hydrogen-bond acceptors (Lipinski definition) is 2. The first-order chi connectivity index (χ1) is 39.9. The van der Waals surface area contributed by atoms with E-state index < -0.39 is 0 Å². The van der Waals surface area contributed by atoms with Gasteiger partial charge in [-0.25, -0.2) is 0 Å². The van der Waals surface area contributed by atoms with Gasteiger partial charge in [0.1, 0.15) is 0 Å². The molecule has 0 spiro atoms. The Morgan fingerprint density at radius 2 is 0.531 bits per heavy atom. The zero-order valence-electron chi connectivity index (χ0n) is 45.8. The Morgan fingerprint density at radius 3 is 0.852 bits per heavy atom. The highest BCUT2D eigenvalue weighted by molar-refractivity contribution is 6.33. The minimum atomic E-state index is 1.14. The molecule has 81 heavy (non-hydrogen) atoms. The average Bonchev–Trinajstić information content (AvgIpc) is 4.26. The van der Waals surface area contributed by atoms with Gasteiger partial charge in [-0.05, 0) is 142 Å². The number of rotatable bonds is 10. The van der Waals surface area contributed by atoms with E-state index in [-0.39, 0.29) is 0 Å². The van der Waals surface area contributed by atoms with Crippen LogP contribution in [-0.2, 0) is 0 Å². The van der Waals surface area contributed by atoms with Crippen LogP contribution in [0, 0.1) is 27.7 Å².